The lowest BCUT2D eigenvalue weighted by Gasteiger charge is -2.43. The maximum Gasteiger partial charge on any atom is 0.0743 e. The molecule has 0 radical (unpaired) electrons. The molecule has 2 unspecified atom stereocenters. The van der Waals surface area contributed by atoms with Gasteiger partial charge in [0.15, 0.2) is 0 Å². The third kappa shape index (κ3) is 2.12. The Bertz CT molecular complexity index is 171. The maximum atomic E-state index is 10.3. The first-order valence-corrected chi connectivity index (χ1v) is 5.95. The van der Waals surface area contributed by atoms with Crippen molar-refractivity contribution in [3.63, 3.8) is 0 Å². The van der Waals surface area contributed by atoms with Crippen LogP contribution in [-0.2, 0) is 0 Å². The minimum absolute atomic E-state index is 0.00926. The third-order valence-electron chi connectivity index (χ3n) is 3.81. The van der Waals surface area contributed by atoms with Gasteiger partial charge in [-0.15, -0.1) is 0 Å². The monoisotopic (exact) mass is 199 g/mol. The number of rotatable bonds is 4. The Hall–Kier alpha value is -0.0800. The molecule has 0 aromatic carbocycles. The molecule has 1 N–H and O–H groups in total. The van der Waals surface area contributed by atoms with Crippen LogP contribution in [0.2, 0.25) is 0 Å². The Morgan fingerprint density at radius 1 is 1.29 bits per heavy atom. The topological polar surface area (TPSA) is 23.5 Å². The van der Waals surface area contributed by atoms with Crippen molar-refractivity contribution in [3.05, 3.63) is 0 Å². The predicted octanol–water partition coefficient (Wildman–Crippen LogP) is 2.27. The molecule has 1 fully saturated rings. The highest BCUT2D eigenvalue weighted by atomic mass is 16.3. The van der Waals surface area contributed by atoms with Crippen molar-refractivity contribution in [1.29, 1.82) is 0 Å². The average molecular weight is 199 g/mol. The van der Waals surface area contributed by atoms with E-state index in [0.717, 1.165) is 19.5 Å². The minimum atomic E-state index is -0.203. The molecule has 14 heavy (non-hydrogen) atoms. The van der Waals surface area contributed by atoms with E-state index in [1.54, 1.807) is 0 Å². The van der Waals surface area contributed by atoms with Crippen molar-refractivity contribution in [3.8, 4) is 0 Å². The summed E-state index contributed by atoms with van der Waals surface area (Å²) in [6.45, 7) is 10.9. The predicted molar refractivity (Wildman–Crippen MR) is 60.3 cm³/mol. The van der Waals surface area contributed by atoms with Gasteiger partial charge in [-0.25, -0.2) is 0 Å². The summed E-state index contributed by atoms with van der Waals surface area (Å²) in [7, 11) is 0. The van der Waals surface area contributed by atoms with E-state index in [1.165, 1.54) is 12.8 Å². The van der Waals surface area contributed by atoms with Crippen LogP contribution in [0.1, 0.15) is 47.0 Å². The van der Waals surface area contributed by atoms with Crippen molar-refractivity contribution in [2.45, 2.75) is 58.6 Å². The quantitative estimate of drug-likeness (QED) is 0.751. The molecule has 0 spiro atoms. The molecule has 1 heterocycles. The van der Waals surface area contributed by atoms with Crippen LogP contribution < -0.4 is 0 Å². The number of aliphatic hydroxyl groups excluding tert-OH is 1. The van der Waals surface area contributed by atoms with E-state index in [4.69, 9.17) is 0 Å². The number of hydrogen-bond acceptors (Lipinski definition) is 2. The Labute approximate surface area is 88.3 Å². The largest absolute Gasteiger partial charge is 0.391 e. The molecule has 2 nitrogen and oxygen atoms in total. The minimum Gasteiger partial charge on any atom is -0.391 e. The Morgan fingerprint density at radius 3 is 2.14 bits per heavy atom. The van der Waals surface area contributed by atoms with Crippen LogP contribution >= 0.6 is 0 Å². The van der Waals surface area contributed by atoms with Crippen LogP contribution in [0.15, 0.2) is 0 Å². The highest BCUT2D eigenvalue weighted by Crippen LogP contribution is 2.30. The van der Waals surface area contributed by atoms with Gasteiger partial charge >= 0.3 is 0 Å². The highest BCUT2D eigenvalue weighted by Gasteiger charge is 2.39. The fraction of sp³-hybridized carbons (Fsp3) is 1.00. The molecule has 1 rings (SSSR count). The molecule has 0 aromatic rings. The summed E-state index contributed by atoms with van der Waals surface area (Å²) in [5.74, 6) is 0.348. The number of aliphatic hydroxyl groups is 1. The van der Waals surface area contributed by atoms with Crippen molar-refractivity contribution in [2.75, 3.05) is 13.1 Å². The van der Waals surface area contributed by atoms with Crippen molar-refractivity contribution in [2.24, 2.45) is 5.92 Å². The summed E-state index contributed by atoms with van der Waals surface area (Å²) < 4.78 is 0. The summed E-state index contributed by atoms with van der Waals surface area (Å²) in [6.07, 6.45) is 3.42. The summed E-state index contributed by atoms with van der Waals surface area (Å²) in [5.41, 5.74) is -0.00926. The Balaban J connectivity index is 2.73. The first-order chi connectivity index (χ1) is 6.52. The number of nitrogens with zero attached hydrogens (tertiary/aromatic N) is 1. The van der Waals surface area contributed by atoms with Crippen LogP contribution in [0.25, 0.3) is 0 Å². The van der Waals surface area contributed by atoms with Crippen LogP contribution in [0.4, 0.5) is 0 Å². The molecule has 0 saturated carbocycles. The lowest BCUT2D eigenvalue weighted by atomic mass is 9.83. The second-order valence-corrected chi connectivity index (χ2v) is 5.09. The summed E-state index contributed by atoms with van der Waals surface area (Å²) in [5, 5.41) is 10.3. The molecule has 84 valence electrons. The van der Waals surface area contributed by atoms with Crippen LogP contribution in [0.3, 0.4) is 0 Å². The molecule has 0 aliphatic carbocycles. The average Bonchev–Trinajstić information content (AvgIpc) is 2.68. The van der Waals surface area contributed by atoms with E-state index in [-0.39, 0.29) is 11.6 Å². The van der Waals surface area contributed by atoms with Gasteiger partial charge in [-0.1, -0.05) is 20.8 Å². The van der Waals surface area contributed by atoms with Gasteiger partial charge in [0.2, 0.25) is 0 Å². The maximum absolute atomic E-state index is 10.3. The first kappa shape index (κ1) is 12.0. The fourth-order valence-electron chi connectivity index (χ4n) is 2.57. The number of hydrogen-bond donors (Lipinski definition) is 1. The van der Waals surface area contributed by atoms with E-state index in [2.05, 4.69) is 32.6 Å². The zero-order valence-corrected chi connectivity index (χ0v) is 10.1. The van der Waals surface area contributed by atoms with Crippen molar-refractivity contribution < 1.29 is 5.11 Å². The van der Waals surface area contributed by atoms with Gasteiger partial charge in [-0.2, -0.15) is 0 Å². The van der Waals surface area contributed by atoms with Crippen molar-refractivity contribution in [1.82, 2.24) is 4.90 Å². The second-order valence-electron chi connectivity index (χ2n) is 5.09. The highest BCUT2D eigenvalue weighted by molar-refractivity contribution is 4.94. The molecule has 1 aliphatic rings. The van der Waals surface area contributed by atoms with E-state index in [0.29, 0.717) is 5.92 Å². The fourth-order valence-corrected chi connectivity index (χ4v) is 2.57. The molecule has 2 heteroatoms. The molecule has 2 atom stereocenters. The molecular formula is C12H25NO. The van der Waals surface area contributed by atoms with Gasteiger partial charge in [0, 0.05) is 5.54 Å². The molecule has 1 saturated heterocycles. The molecule has 0 bridgehead atoms. The third-order valence-corrected chi connectivity index (χ3v) is 3.81. The smallest absolute Gasteiger partial charge is 0.0743 e. The van der Waals surface area contributed by atoms with E-state index in [9.17, 15) is 5.11 Å². The van der Waals surface area contributed by atoms with Crippen LogP contribution in [0, 0.1) is 5.92 Å². The molecular weight excluding hydrogens is 174 g/mol. The number of likely N-dealkylation sites (tertiary alicyclic amines) is 1. The van der Waals surface area contributed by atoms with E-state index in [1.807, 2.05) is 0 Å². The van der Waals surface area contributed by atoms with Gasteiger partial charge in [0.1, 0.15) is 0 Å². The molecule has 0 aromatic heterocycles. The van der Waals surface area contributed by atoms with Gasteiger partial charge in [-0.05, 0) is 45.2 Å². The standard InChI is InChI=1S/C12H25NO/c1-5-12(4,11(14)10(2)3)13-8-6-7-9-13/h10-11,14H,5-9H2,1-4H3. The van der Waals surface area contributed by atoms with Crippen LogP contribution in [0.5, 0.6) is 0 Å². The second kappa shape index (κ2) is 4.63. The van der Waals surface area contributed by atoms with Crippen LogP contribution in [-0.4, -0.2) is 34.7 Å². The molecule has 1 aliphatic heterocycles. The Kier molecular flexibility index (Phi) is 3.96. The summed E-state index contributed by atoms with van der Waals surface area (Å²) in [6, 6.07) is 0. The van der Waals surface area contributed by atoms with Gasteiger partial charge in [0.05, 0.1) is 6.10 Å². The lowest BCUT2D eigenvalue weighted by Crippen LogP contribution is -2.54. The van der Waals surface area contributed by atoms with Gasteiger partial charge in [0.25, 0.3) is 0 Å². The normalized spacial score (nSPS) is 25.3. The van der Waals surface area contributed by atoms with Gasteiger partial charge in [-0.3, -0.25) is 4.90 Å². The zero-order chi connectivity index (χ0) is 10.8. The SMILES string of the molecule is CCC(C)(C(O)C(C)C)N1CCCC1. The Morgan fingerprint density at radius 2 is 1.79 bits per heavy atom. The van der Waals surface area contributed by atoms with Gasteiger partial charge < -0.3 is 5.11 Å². The summed E-state index contributed by atoms with van der Waals surface area (Å²) in [4.78, 5) is 2.47. The zero-order valence-electron chi connectivity index (χ0n) is 10.1. The van der Waals surface area contributed by atoms with E-state index < -0.39 is 0 Å². The van der Waals surface area contributed by atoms with Crippen molar-refractivity contribution >= 4 is 0 Å². The summed E-state index contributed by atoms with van der Waals surface area (Å²) >= 11 is 0. The molecule has 0 amide bonds. The first-order valence-electron chi connectivity index (χ1n) is 5.95. The van der Waals surface area contributed by atoms with E-state index >= 15 is 0 Å². The lowest BCUT2D eigenvalue weighted by molar-refractivity contribution is -0.0372.